The lowest BCUT2D eigenvalue weighted by molar-refractivity contribution is -0.149. The Kier molecular flexibility index (Phi) is 15.1. The number of carbonyl (C=O) groups excluding carboxylic acids is 3. The molecule has 0 aliphatic heterocycles. The Labute approximate surface area is 209 Å². The van der Waals surface area contributed by atoms with Gasteiger partial charge in [0.1, 0.15) is 0 Å². The number of hydrazine groups is 1. The summed E-state index contributed by atoms with van der Waals surface area (Å²) < 4.78 is 0. The number of allylic oxidation sites excluding steroid dienone is 1. The van der Waals surface area contributed by atoms with Gasteiger partial charge in [-0.1, -0.05) is 77.1 Å². The lowest BCUT2D eigenvalue weighted by Gasteiger charge is -2.31. The largest absolute Gasteiger partial charge is 0.330 e. The normalized spacial score (nSPS) is 13.8. The molecule has 9 heteroatoms. The van der Waals surface area contributed by atoms with E-state index in [0.29, 0.717) is 13.0 Å². The molecule has 0 aliphatic carbocycles. The summed E-state index contributed by atoms with van der Waals surface area (Å²) in [4.78, 5) is 38.7. The molecule has 0 aromatic heterocycles. The first-order chi connectivity index (χ1) is 15.6. The van der Waals surface area contributed by atoms with Crippen LogP contribution in [0.4, 0.5) is 0 Å². The molecule has 0 saturated heterocycles. The Morgan fingerprint density at radius 2 is 1.62 bits per heavy atom. The zero-order valence-electron chi connectivity index (χ0n) is 20.9. The summed E-state index contributed by atoms with van der Waals surface area (Å²) in [6.07, 6.45) is 4.37. The van der Waals surface area contributed by atoms with Crippen LogP contribution in [0.5, 0.6) is 0 Å². The molecule has 0 heterocycles. The number of hydrogen-bond donors (Lipinski definition) is 4. The molecular formula is C25H41ClN4O4. The van der Waals surface area contributed by atoms with Crippen molar-refractivity contribution in [2.24, 2.45) is 35.3 Å². The molecule has 0 saturated carbocycles. The third-order valence-corrected chi connectivity index (χ3v) is 5.33. The summed E-state index contributed by atoms with van der Waals surface area (Å²) in [6, 6.07) is 9.61. The first-order valence-corrected chi connectivity index (χ1v) is 11.6. The first-order valence-electron chi connectivity index (χ1n) is 11.6. The highest BCUT2D eigenvalue weighted by Gasteiger charge is 2.35. The Bertz CT molecular complexity index is 786. The van der Waals surface area contributed by atoms with Gasteiger partial charge in [0.15, 0.2) is 0 Å². The molecular weight excluding hydrogens is 456 g/mol. The van der Waals surface area contributed by atoms with E-state index in [1.165, 1.54) is 5.01 Å². The summed E-state index contributed by atoms with van der Waals surface area (Å²) in [5.74, 6) is -3.09. The van der Waals surface area contributed by atoms with Crippen LogP contribution in [0.15, 0.2) is 36.4 Å². The topological polar surface area (TPSA) is 125 Å². The number of nitrogens with two attached hydrogens (primary N) is 1. The van der Waals surface area contributed by atoms with Crippen LogP contribution in [0.25, 0.3) is 6.08 Å². The van der Waals surface area contributed by atoms with Gasteiger partial charge in [-0.3, -0.25) is 30.0 Å². The third kappa shape index (κ3) is 10.7. The third-order valence-electron chi connectivity index (χ3n) is 5.33. The van der Waals surface area contributed by atoms with Gasteiger partial charge in [-0.05, 0) is 30.2 Å². The fourth-order valence-electron chi connectivity index (χ4n) is 3.55. The van der Waals surface area contributed by atoms with Crippen molar-refractivity contribution in [2.75, 3.05) is 13.1 Å². The highest BCUT2D eigenvalue weighted by atomic mass is 35.5. The van der Waals surface area contributed by atoms with E-state index in [4.69, 9.17) is 5.73 Å². The van der Waals surface area contributed by atoms with Crippen molar-refractivity contribution in [3.63, 3.8) is 0 Å². The van der Waals surface area contributed by atoms with E-state index in [1.807, 2.05) is 70.2 Å². The molecule has 192 valence electrons. The van der Waals surface area contributed by atoms with Crippen molar-refractivity contribution in [1.82, 2.24) is 15.9 Å². The minimum Gasteiger partial charge on any atom is -0.330 e. The number of carbonyl (C=O) groups is 3. The number of amides is 3. The second-order valence-corrected chi connectivity index (χ2v) is 9.32. The first kappa shape index (κ1) is 31.6. The zero-order chi connectivity index (χ0) is 25.0. The average Bonchev–Trinajstić information content (AvgIpc) is 2.78. The van der Waals surface area contributed by atoms with E-state index in [0.717, 1.165) is 5.56 Å². The number of hydroxylamine groups is 1. The standard InChI is InChI=1S/C25H40N4O4.ClH/c1-17(2)14-22(23(30)27-29(16-18(3)4)25(32)19(5)15-26)21(24(31)28-33)13-9-12-20-10-7-6-8-11-20;/h6-12,17-19,21-22,33H,13-16,26H2,1-5H3,(H,27,30)(H,28,31);1H/t19?,21-,22+;/m0./s1. The minimum atomic E-state index is -0.805. The second-order valence-electron chi connectivity index (χ2n) is 9.32. The highest BCUT2D eigenvalue weighted by molar-refractivity contribution is 5.89. The lowest BCUT2D eigenvalue weighted by atomic mass is 9.82. The van der Waals surface area contributed by atoms with Crippen molar-refractivity contribution >= 4 is 36.2 Å². The quantitative estimate of drug-likeness (QED) is 0.261. The van der Waals surface area contributed by atoms with Crippen molar-refractivity contribution in [3.05, 3.63) is 42.0 Å². The monoisotopic (exact) mass is 496 g/mol. The highest BCUT2D eigenvalue weighted by Crippen LogP contribution is 2.26. The molecule has 0 spiro atoms. The molecule has 5 N–H and O–H groups in total. The van der Waals surface area contributed by atoms with Crippen LogP contribution in [0.2, 0.25) is 0 Å². The van der Waals surface area contributed by atoms with Gasteiger partial charge in [-0.25, -0.2) is 5.48 Å². The zero-order valence-corrected chi connectivity index (χ0v) is 21.7. The van der Waals surface area contributed by atoms with Crippen LogP contribution in [0.1, 0.15) is 53.0 Å². The van der Waals surface area contributed by atoms with Crippen molar-refractivity contribution < 1.29 is 19.6 Å². The van der Waals surface area contributed by atoms with Crippen LogP contribution in [-0.4, -0.2) is 41.0 Å². The average molecular weight is 497 g/mol. The van der Waals surface area contributed by atoms with Crippen LogP contribution >= 0.6 is 12.4 Å². The van der Waals surface area contributed by atoms with E-state index in [9.17, 15) is 19.6 Å². The van der Waals surface area contributed by atoms with Gasteiger partial charge in [-0.15, -0.1) is 12.4 Å². The summed E-state index contributed by atoms with van der Waals surface area (Å²) in [5, 5.41) is 10.7. The van der Waals surface area contributed by atoms with E-state index in [2.05, 4.69) is 5.43 Å². The molecule has 1 aromatic rings. The number of hydrogen-bond acceptors (Lipinski definition) is 5. The number of rotatable bonds is 12. The fourth-order valence-corrected chi connectivity index (χ4v) is 3.55. The van der Waals surface area contributed by atoms with Gasteiger partial charge in [0, 0.05) is 19.0 Å². The summed E-state index contributed by atoms with van der Waals surface area (Å²) >= 11 is 0. The Morgan fingerprint density at radius 1 is 1.00 bits per heavy atom. The maximum Gasteiger partial charge on any atom is 0.247 e. The molecule has 1 rings (SSSR count). The van der Waals surface area contributed by atoms with Crippen LogP contribution in [0.3, 0.4) is 0 Å². The maximum absolute atomic E-state index is 13.4. The van der Waals surface area contributed by atoms with E-state index in [-0.39, 0.29) is 43.1 Å². The Morgan fingerprint density at radius 3 is 2.12 bits per heavy atom. The molecule has 1 unspecified atom stereocenters. The minimum absolute atomic E-state index is 0. The fraction of sp³-hybridized carbons (Fsp3) is 0.560. The van der Waals surface area contributed by atoms with Crippen LogP contribution < -0.4 is 16.6 Å². The van der Waals surface area contributed by atoms with Gasteiger partial charge in [0.05, 0.1) is 11.8 Å². The predicted molar refractivity (Wildman–Crippen MR) is 137 cm³/mol. The maximum atomic E-state index is 13.4. The molecule has 8 nitrogen and oxygen atoms in total. The van der Waals surface area contributed by atoms with Crippen molar-refractivity contribution in [3.8, 4) is 0 Å². The number of benzene rings is 1. The summed E-state index contributed by atoms with van der Waals surface area (Å²) in [5.41, 5.74) is 11.1. The predicted octanol–water partition coefficient (Wildman–Crippen LogP) is 3.41. The summed E-state index contributed by atoms with van der Waals surface area (Å²) in [6.45, 7) is 10.0. The molecule has 1 aromatic carbocycles. The Balaban J connectivity index is 0.0000109. The summed E-state index contributed by atoms with van der Waals surface area (Å²) in [7, 11) is 0. The molecule has 0 radical (unpaired) electrons. The molecule has 3 atom stereocenters. The van der Waals surface area contributed by atoms with Gasteiger partial charge < -0.3 is 5.73 Å². The van der Waals surface area contributed by atoms with Crippen LogP contribution in [-0.2, 0) is 14.4 Å². The van der Waals surface area contributed by atoms with Crippen LogP contribution in [0, 0.1) is 29.6 Å². The molecule has 34 heavy (non-hydrogen) atoms. The second kappa shape index (κ2) is 16.2. The van der Waals surface area contributed by atoms with Gasteiger partial charge >= 0.3 is 0 Å². The number of halogens is 1. The number of nitrogens with one attached hydrogen (secondary N) is 2. The Hall–Kier alpha value is -2.42. The van der Waals surface area contributed by atoms with Gasteiger partial charge in [0.25, 0.3) is 0 Å². The van der Waals surface area contributed by atoms with Crippen molar-refractivity contribution in [2.45, 2.75) is 47.5 Å². The van der Waals surface area contributed by atoms with Crippen molar-refractivity contribution in [1.29, 1.82) is 0 Å². The number of nitrogens with zero attached hydrogens (tertiary/aromatic N) is 1. The molecule has 0 aliphatic rings. The van der Waals surface area contributed by atoms with E-state index in [1.54, 1.807) is 12.4 Å². The molecule has 0 bridgehead atoms. The SMILES string of the molecule is CC(C)C[C@@H](C(=O)NN(CC(C)C)C(=O)C(C)CN)[C@H](CC=Cc1ccccc1)C(=O)NO.Cl. The molecule has 0 fully saturated rings. The van der Waals surface area contributed by atoms with E-state index < -0.39 is 29.6 Å². The van der Waals surface area contributed by atoms with E-state index >= 15 is 0 Å². The molecule has 3 amide bonds. The smallest absolute Gasteiger partial charge is 0.247 e. The van der Waals surface area contributed by atoms with Gasteiger partial charge in [0.2, 0.25) is 17.7 Å². The lowest BCUT2D eigenvalue weighted by Crippen LogP contribution is -2.54. The van der Waals surface area contributed by atoms with Gasteiger partial charge in [-0.2, -0.15) is 0 Å².